The van der Waals surface area contributed by atoms with Crippen molar-refractivity contribution < 1.29 is 9.84 Å². The van der Waals surface area contributed by atoms with Gasteiger partial charge in [-0.1, -0.05) is 37.3 Å². The van der Waals surface area contributed by atoms with Crippen molar-refractivity contribution in [3.63, 3.8) is 0 Å². The molecular weight excluding hydrogens is 346 g/mol. The standard InChI is InChI=1S/C20H23N3O2S/c1-2-18-21-19(16-8-11-26-20(16)22-18)23-9-10-25-13-15(23)12-17(24)14-6-4-3-5-7-14/h3-8,11,15,17,24H,2,9-10,12-13H2,1H3. The van der Waals surface area contributed by atoms with Gasteiger partial charge in [-0.25, -0.2) is 9.97 Å². The number of nitrogens with zero attached hydrogens (tertiary/aromatic N) is 3. The minimum atomic E-state index is -0.518. The predicted octanol–water partition coefficient (Wildman–Crippen LogP) is 3.58. The molecule has 1 N–H and O–H groups in total. The molecule has 3 heterocycles. The molecule has 1 fully saturated rings. The molecule has 0 aliphatic carbocycles. The summed E-state index contributed by atoms with van der Waals surface area (Å²) in [6.07, 6.45) is 0.902. The van der Waals surface area contributed by atoms with E-state index in [0.717, 1.165) is 40.4 Å². The number of fused-ring (bicyclic) bond motifs is 1. The van der Waals surface area contributed by atoms with Crippen LogP contribution in [-0.2, 0) is 11.2 Å². The zero-order chi connectivity index (χ0) is 17.9. The molecule has 2 unspecified atom stereocenters. The molecule has 0 amide bonds. The van der Waals surface area contributed by atoms with Crippen LogP contribution in [0.2, 0.25) is 0 Å². The fourth-order valence-corrected chi connectivity index (χ4v) is 4.24. The fraction of sp³-hybridized carbons (Fsp3) is 0.400. The average molecular weight is 369 g/mol. The lowest BCUT2D eigenvalue weighted by Gasteiger charge is -2.38. The lowest BCUT2D eigenvalue weighted by molar-refractivity contribution is 0.0677. The topological polar surface area (TPSA) is 58.5 Å². The molecule has 0 bridgehead atoms. The highest BCUT2D eigenvalue weighted by atomic mass is 32.1. The molecule has 1 aliphatic rings. The number of aliphatic hydroxyl groups is 1. The number of anilines is 1. The predicted molar refractivity (Wildman–Crippen MR) is 105 cm³/mol. The van der Waals surface area contributed by atoms with Gasteiger partial charge >= 0.3 is 0 Å². The number of thiophene rings is 1. The number of ether oxygens (including phenoxy) is 1. The van der Waals surface area contributed by atoms with Crippen molar-refractivity contribution in [2.24, 2.45) is 0 Å². The molecule has 3 aromatic rings. The van der Waals surface area contributed by atoms with E-state index in [1.165, 1.54) is 0 Å². The van der Waals surface area contributed by atoms with E-state index >= 15 is 0 Å². The Morgan fingerprint density at radius 1 is 1.27 bits per heavy atom. The number of benzene rings is 1. The average Bonchev–Trinajstić information content (AvgIpc) is 3.17. The van der Waals surface area contributed by atoms with Gasteiger partial charge < -0.3 is 14.7 Å². The molecule has 0 spiro atoms. The van der Waals surface area contributed by atoms with Crippen LogP contribution >= 0.6 is 11.3 Å². The second-order valence-electron chi connectivity index (χ2n) is 6.54. The van der Waals surface area contributed by atoms with Crippen LogP contribution in [0, 0.1) is 0 Å². The van der Waals surface area contributed by atoms with E-state index in [1.54, 1.807) is 11.3 Å². The zero-order valence-electron chi connectivity index (χ0n) is 14.8. The van der Waals surface area contributed by atoms with Crippen LogP contribution in [0.5, 0.6) is 0 Å². The highest BCUT2D eigenvalue weighted by Crippen LogP contribution is 2.32. The molecule has 136 valence electrons. The number of morpholine rings is 1. The van der Waals surface area contributed by atoms with E-state index in [9.17, 15) is 5.11 Å². The molecule has 0 saturated carbocycles. The van der Waals surface area contributed by atoms with Crippen LogP contribution in [-0.4, -0.2) is 40.9 Å². The van der Waals surface area contributed by atoms with Gasteiger partial charge in [0, 0.05) is 19.4 Å². The summed E-state index contributed by atoms with van der Waals surface area (Å²) in [5, 5.41) is 13.9. The second-order valence-corrected chi connectivity index (χ2v) is 7.44. The maximum absolute atomic E-state index is 10.7. The summed E-state index contributed by atoms with van der Waals surface area (Å²) in [7, 11) is 0. The minimum Gasteiger partial charge on any atom is -0.388 e. The van der Waals surface area contributed by atoms with E-state index in [2.05, 4.69) is 28.3 Å². The van der Waals surface area contributed by atoms with Crippen LogP contribution in [0.25, 0.3) is 10.2 Å². The first kappa shape index (κ1) is 17.4. The van der Waals surface area contributed by atoms with Crippen molar-refractivity contribution >= 4 is 27.4 Å². The number of aromatic nitrogens is 2. The molecule has 26 heavy (non-hydrogen) atoms. The normalized spacial score (nSPS) is 19.0. The Hall–Kier alpha value is -2.02. The Kier molecular flexibility index (Phi) is 5.15. The van der Waals surface area contributed by atoms with Gasteiger partial charge in [0.1, 0.15) is 16.5 Å². The molecule has 2 aromatic heterocycles. The first-order chi connectivity index (χ1) is 12.8. The fourth-order valence-electron chi connectivity index (χ4n) is 3.46. The van der Waals surface area contributed by atoms with Crippen molar-refractivity contribution in [1.29, 1.82) is 0 Å². The summed E-state index contributed by atoms with van der Waals surface area (Å²) in [6, 6.07) is 12.0. The van der Waals surface area contributed by atoms with Crippen LogP contribution in [0.3, 0.4) is 0 Å². The molecule has 1 saturated heterocycles. The van der Waals surface area contributed by atoms with Crippen molar-refractivity contribution in [2.45, 2.75) is 31.9 Å². The molecule has 0 radical (unpaired) electrons. The maximum atomic E-state index is 10.7. The Morgan fingerprint density at radius 3 is 2.92 bits per heavy atom. The lowest BCUT2D eigenvalue weighted by Crippen LogP contribution is -2.47. The van der Waals surface area contributed by atoms with Crippen LogP contribution in [0.15, 0.2) is 41.8 Å². The lowest BCUT2D eigenvalue weighted by atomic mass is 10.0. The van der Waals surface area contributed by atoms with Crippen LogP contribution < -0.4 is 4.90 Å². The SMILES string of the molecule is CCc1nc(N2CCOCC2CC(O)c2ccccc2)c2ccsc2n1. The third kappa shape index (κ3) is 3.45. The van der Waals surface area contributed by atoms with Gasteiger partial charge in [-0.05, 0) is 17.0 Å². The van der Waals surface area contributed by atoms with Crippen molar-refractivity contribution in [2.75, 3.05) is 24.7 Å². The number of hydrogen-bond acceptors (Lipinski definition) is 6. The zero-order valence-corrected chi connectivity index (χ0v) is 15.7. The summed E-state index contributed by atoms with van der Waals surface area (Å²) in [6.45, 7) is 4.13. The first-order valence-corrected chi connectivity index (χ1v) is 9.95. The number of hydrogen-bond donors (Lipinski definition) is 1. The van der Waals surface area contributed by atoms with E-state index in [1.807, 2.05) is 30.3 Å². The van der Waals surface area contributed by atoms with Crippen LogP contribution in [0.4, 0.5) is 5.82 Å². The number of aliphatic hydroxyl groups excluding tert-OH is 1. The quantitative estimate of drug-likeness (QED) is 0.745. The van der Waals surface area contributed by atoms with Gasteiger partial charge in [-0.3, -0.25) is 0 Å². The van der Waals surface area contributed by atoms with Gasteiger partial charge in [-0.2, -0.15) is 0 Å². The van der Waals surface area contributed by atoms with Gasteiger partial charge in [-0.15, -0.1) is 11.3 Å². The Morgan fingerprint density at radius 2 is 2.12 bits per heavy atom. The Labute approximate surface area is 157 Å². The summed E-state index contributed by atoms with van der Waals surface area (Å²) in [4.78, 5) is 12.8. The number of aryl methyl sites for hydroxylation is 1. The monoisotopic (exact) mass is 369 g/mol. The van der Waals surface area contributed by atoms with Gasteiger partial charge in [0.05, 0.1) is 30.7 Å². The summed E-state index contributed by atoms with van der Waals surface area (Å²) in [5.74, 6) is 1.84. The molecule has 5 nitrogen and oxygen atoms in total. The van der Waals surface area contributed by atoms with Gasteiger partial charge in [0.2, 0.25) is 0 Å². The van der Waals surface area contributed by atoms with Gasteiger partial charge in [0.15, 0.2) is 0 Å². The van der Waals surface area contributed by atoms with E-state index in [4.69, 9.17) is 9.72 Å². The molecular formula is C20H23N3O2S. The van der Waals surface area contributed by atoms with Crippen molar-refractivity contribution in [3.8, 4) is 0 Å². The highest BCUT2D eigenvalue weighted by Gasteiger charge is 2.29. The molecule has 2 atom stereocenters. The third-order valence-corrected chi connectivity index (χ3v) is 5.65. The Balaban J connectivity index is 1.65. The minimum absolute atomic E-state index is 0.0849. The molecule has 4 rings (SSSR count). The third-order valence-electron chi connectivity index (χ3n) is 4.85. The molecule has 1 aliphatic heterocycles. The van der Waals surface area contributed by atoms with Crippen molar-refractivity contribution in [1.82, 2.24) is 9.97 Å². The number of rotatable bonds is 5. The Bertz CT molecular complexity index is 868. The summed E-state index contributed by atoms with van der Waals surface area (Å²) >= 11 is 1.65. The first-order valence-electron chi connectivity index (χ1n) is 9.07. The van der Waals surface area contributed by atoms with E-state index in [0.29, 0.717) is 19.6 Å². The highest BCUT2D eigenvalue weighted by molar-refractivity contribution is 7.16. The molecule has 1 aromatic carbocycles. The van der Waals surface area contributed by atoms with E-state index < -0.39 is 6.10 Å². The van der Waals surface area contributed by atoms with Crippen LogP contribution in [0.1, 0.15) is 30.8 Å². The molecule has 6 heteroatoms. The second kappa shape index (κ2) is 7.70. The van der Waals surface area contributed by atoms with Crippen molar-refractivity contribution in [3.05, 3.63) is 53.2 Å². The largest absolute Gasteiger partial charge is 0.388 e. The smallest absolute Gasteiger partial charge is 0.141 e. The van der Waals surface area contributed by atoms with Gasteiger partial charge in [0.25, 0.3) is 0 Å². The van der Waals surface area contributed by atoms with E-state index in [-0.39, 0.29) is 6.04 Å². The summed E-state index contributed by atoms with van der Waals surface area (Å²) in [5.41, 5.74) is 0.940. The summed E-state index contributed by atoms with van der Waals surface area (Å²) < 4.78 is 5.73. The maximum Gasteiger partial charge on any atom is 0.141 e.